The lowest BCUT2D eigenvalue weighted by molar-refractivity contribution is -0.161. The smallest absolute Gasteiger partial charge is 0.312 e. The monoisotopic (exact) mass is 588 g/mol. The Labute approximate surface area is 254 Å². The summed E-state index contributed by atoms with van der Waals surface area (Å²) in [7, 11) is 0. The number of anilines is 1. The lowest BCUT2D eigenvalue weighted by atomic mass is 9.66. The molecule has 8 nitrogen and oxygen atoms in total. The number of hydrogen-bond acceptors (Lipinski definition) is 6. The first-order valence-corrected chi connectivity index (χ1v) is 15.5. The summed E-state index contributed by atoms with van der Waals surface area (Å²) in [5.74, 6) is -2.97. The van der Waals surface area contributed by atoms with Crippen LogP contribution in [0.4, 0.5) is 5.69 Å². The van der Waals surface area contributed by atoms with E-state index in [-0.39, 0.29) is 37.5 Å². The summed E-state index contributed by atoms with van der Waals surface area (Å²) in [4.78, 5) is 46.1. The largest absolute Gasteiger partial charge is 0.465 e. The fraction of sp³-hybridized carbons (Fsp3) is 0.514. The number of unbranched alkanes of at least 4 members (excludes halogenated alkanes) is 2. The van der Waals surface area contributed by atoms with Gasteiger partial charge in [-0.05, 0) is 67.9 Å². The van der Waals surface area contributed by atoms with E-state index in [4.69, 9.17) is 9.47 Å². The lowest BCUT2D eigenvalue weighted by Gasteiger charge is -2.40. The van der Waals surface area contributed by atoms with Crippen molar-refractivity contribution in [1.82, 2.24) is 4.90 Å². The molecule has 1 N–H and O–H groups in total. The molecule has 43 heavy (non-hydrogen) atoms. The van der Waals surface area contributed by atoms with Crippen LogP contribution in [0.15, 0.2) is 67.8 Å². The zero-order chi connectivity index (χ0) is 30.9. The van der Waals surface area contributed by atoms with Crippen LogP contribution >= 0.6 is 0 Å². The van der Waals surface area contributed by atoms with Gasteiger partial charge >= 0.3 is 5.97 Å². The molecule has 2 amide bonds. The van der Waals surface area contributed by atoms with Crippen LogP contribution in [0.3, 0.4) is 0 Å². The van der Waals surface area contributed by atoms with Crippen LogP contribution in [0.1, 0.15) is 52.9 Å². The molecule has 8 heteroatoms. The van der Waals surface area contributed by atoms with Crippen LogP contribution in [0.25, 0.3) is 10.8 Å². The van der Waals surface area contributed by atoms with Gasteiger partial charge in [0.2, 0.25) is 5.91 Å². The highest BCUT2D eigenvalue weighted by Crippen LogP contribution is 2.64. The number of nitrogens with zero attached hydrogens (tertiary/aromatic N) is 2. The summed E-state index contributed by atoms with van der Waals surface area (Å²) in [6.07, 6.45) is 6.85. The van der Waals surface area contributed by atoms with Gasteiger partial charge in [-0.1, -0.05) is 56.3 Å². The second-order valence-corrected chi connectivity index (χ2v) is 12.7. The van der Waals surface area contributed by atoms with E-state index in [0.29, 0.717) is 24.9 Å². The fourth-order valence-corrected chi connectivity index (χ4v) is 7.58. The van der Waals surface area contributed by atoms with E-state index in [1.165, 1.54) is 4.90 Å². The van der Waals surface area contributed by atoms with Crippen molar-refractivity contribution in [1.29, 1.82) is 0 Å². The van der Waals surface area contributed by atoms with E-state index < -0.39 is 41.1 Å². The Hall–Kier alpha value is -3.49. The Kier molecular flexibility index (Phi) is 8.82. The molecule has 3 aliphatic heterocycles. The predicted molar refractivity (Wildman–Crippen MR) is 166 cm³/mol. The average molecular weight is 589 g/mol. The highest BCUT2D eigenvalue weighted by atomic mass is 16.6. The molecule has 230 valence electrons. The Morgan fingerprint density at radius 3 is 2.56 bits per heavy atom. The third-order valence-electron chi connectivity index (χ3n) is 9.69. The molecule has 3 fully saturated rings. The molecule has 1 spiro atoms. The molecular weight excluding hydrogens is 544 g/mol. The number of amides is 2. The molecule has 3 saturated heterocycles. The number of benzene rings is 2. The van der Waals surface area contributed by atoms with Crippen LogP contribution in [-0.2, 0) is 23.9 Å². The topological polar surface area (TPSA) is 96.4 Å². The molecule has 2 bridgehead atoms. The minimum absolute atomic E-state index is 0.143. The summed E-state index contributed by atoms with van der Waals surface area (Å²) in [5.41, 5.74) is -1.47. The number of carbonyl (C=O) groups is 3. The van der Waals surface area contributed by atoms with Crippen LogP contribution in [0.2, 0.25) is 0 Å². The van der Waals surface area contributed by atoms with E-state index in [1.807, 2.05) is 69.3 Å². The van der Waals surface area contributed by atoms with Gasteiger partial charge < -0.3 is 24.4 Å². The summed E-state index contributed by atoms with van der Waals surface area (Å²) in [5, 5.41) is 12.5. The lowest BCUT2D eigenvalue weighted by Crippen LogP contribution is -2.60. The molecular formula is C35H44N2O6. The van der Waals surface area contributed by atoms with Gasteiger partial charge in [0.1, 0.15) is 17.6 Å². The van der Waals surface area contributed by atoms with Gasteiger partial charge in [0.25, 0.3) is 5.91 Å². The molecule has 5 rings (SSSR count). The maximum absolute atomic E-state index is 14.8. The summed E-state index contributed by atoms with van der Waals surface area (Å²) < 4.78 is 12.5. The normalized spacial score (nSPS) is 28.3. The number of esters is 1. The van der Waals surface area contributed by atoms with Crippen LogP contribution < -0.4 is 4.90 Å². The van der Waals surface area contributed by atoms with Crippen LogP contribution in [-0.4, -0.2) is 70.8 Å². The van der Waals surface area contributed by atoms with E-state index in [0.717, 1.165) is 23.6 Å². The molecule has 6 atom stereocenters. The van der Waals surface area contributed by atoms with E-state index >= 15 is 0 Å². The van der Waals surface area contributed by atoms with Crippen molar-refractivity contribution in [3.63, 3.8) is 0 Å². The van der Waals surface area contributed by atoms with Crippen molar-refractivity contribution < 1.29 is 29.0 Å². The third kappa shape index (κ3) is 5.18. The van der Waals surface area contributed by atoms with Crippen molar-refractivity contribution in [2.24, 2.45) is 17.8 Å². The molecule has 0 saturated carbocycles. The number of fused-ring (bicyclic) bond motifs is 2. The Morgan fingerprint density at radius 2 is 1.88 bits per heavy atom. The van der Waals surface area contributed by atoms with E-state index in [9.17, 15) is 19.5 Å². The number of aliphatic hydroxyl groups is 1. The second kappa shape index (κ2) is 12.2. The van der Waals surface area contributed by atoms with Crippen molar-refractivity contribution in [3.8, 4) is 0 Å². The van der Waals surface area contributed by atoms with Gasteiger partial charge in [-0.3, -0.25) is 14.4 Å². The minimum Gasteiger partial charge on any atom is -0.465 e. The second-order valence-electron chi connectivity index (χ2n) is 12.7. The van der Waals surface area contributed by atoms with Crippen molar-refractivity contribution in [2.45, 2.75) is 76.2 Å². The molecule has 0 aromatic heterocycles. The minimum atomic E-state index is -1.21. The van der Waals surface area contributed by atoms with E-state index in [1.54, 1.807) is 11.0 Å². The van der Waals surface area contributed by atoms with Crippen molar-refractivity contribution in [3.05, 3.63) is 67.8 Å². The molecule has 2 aromatic carbocycles. The molecule has 0 radical (unpaired) electrons. The number of likely N-dealkylation sites (tertiary alicyclic amines) is 1. The highest BCUT2D eigenvalue weighted by molar-refractivity contribution is 6.05. The SMILES string of the molecule is C=CCCCCOC(=O)[C@H]1[C@H]2C(=O)N([C@@H](CO)C(C)C)C(C(=O)N(CC=C)c3ccc4ccccc4c3)C23CC[C@]1(C)O3. The van der Waals surface area contributed by atoms with Crippen molar-refractivity contribution in [2.75, 3.05) is 24.7 Å². The van der Waals surface area contributed by atoms with Gasteiger partial charge in [0, 0.05) is 12.2 Å². The first-order chi connectivity index (χ1) is 20.6. The van der Waals surface area contributed by atoms with Crippen LogP contribution in [0.5, 0.6) is 0 Å². The Balaban J connectivity index is 1.55. The third-order valence-corrected chi connectivity index (χ3v) is 9.69. The van der Waals surface area contributed by atoms with Gasteiger partial charge in [-0.25, -0.2) is 0 Å². The number of aliphatic hydroxyl groups excluding tert-OH is 1. The average Bonchev–Trinajstić information content (AvgIpc) is 3.56. The zero-order valence-electron chi connectivity index (χ0n) is 25.5. The van der Waals surface area contributed by atoms with Crippen molar-refractivity contribution >= 4 is 34.2 Å². The van der Waals surface area contributed by atoms with Gasteiger partial charge in [-0.15, -0.1) is 13.2 Å². The molecule has 2 unspecified atom stereocenters. The predicted octanol–water partition coefficient (Wildman–Crippen LogP) is 5.04. The first kappa shape index (κ1) is 31.0. The Morgan fingerprint density at radius 1 is 1.14 bits per heavy atom. The summed E-state index contributed by atoms with van der Waals surface area (Å²) >= 11 is 0. The van der Waals surface area contributed by atoms with Crippen LogP contribution in [0, 0.1) is 17.8 Å². The first-order valence-electron chi connectivity index (χ1n) is 15.5. The summed E-state index contributed by atoms with van der Waals surface area (Å²) in [6.45, 7) is 13.5. The van der Waals surface area contributed by atoms with Gasteiger partial charge in [-0.2, -0.15) is 0 Å². The standard InChI is InChI=1S/C35H44N2O6/c1-6-8-9-12-20-42-33(41)29-28-31(39)37(27(22-38)23(3)4)30(35(28)18-17-34(29,5)43-35)32(40)36(19-7-2)26-16-15-24-13-10-11-14-25(24)21-26/h6-7,10-11,13-16,21,23,27-30,38H,1-2,8-9,12,17-20,22H2,3-5H3/t27-,28-,29+,30?,34-,35?/m0/s1. The molecule has 0 aliphatic carbocycles. The Bertz CT molecular complexity index is 1410. The number of ether oxygens (including phenoxy) is 2. The quantitative estimate of drug-likeness (QED) is 0.200. The fourth-order valence-electron chi connectivity index (χ4n) is 7.58. The molecule has 2 aromatic rings. The summed E-state index contributed by atoms with van der Waals surface area (Å²) in [6, 6.07) is 12.1. The van der Waals surface area contributed by atoms with Gasteiger partial charge in [0.15, 0.2) is 0 Å². The number of rotatable bonds is 13. The number of hydrogen-bond donors (Lipinski definition) is 1. The molecule has 3 heterocycles. The zero-order valence-corrected chi connectivity index (χ0v) is 25.5. The van der Waals surface area contributed by atoms with Gasteiger partial charge in [0.05, 0.1) is 30.8 Å². The van der Waals surface area contributed by atoms with E-state index in [2.05, 4.69) is 13.2 Å². The highest BCUT2D eigenvalue weighted by Gasteiger charge is 2.79. The number of carbonyl (C=O) groups excluding carboxylic acids is 3. The maximum atomic E-state index is 14.8. The molecule has 3 aliphatic rings. The maximum Gasteiger partial charge on any atom is 0.312 e. The number of allylic oxidation sites excluding steroid dienone is 1.